The van der Waals surface area contributed by atoms with Gasteiger partial charge in [0.05, 0.1) is 30.2 Å². The van der Waals surface area contributed by atoms with E-state index in [-0.39, 0.29) is 64.0 Å². The van der Waals surface area contributed by atoms with E-state index in [4.69, 9.17) is 11.6 Å². The van der Waals surface area contributed by atoms with Gasteiger partial charge in [0.1, 0.15) is 41.8 Å². The average Bonchev–Trinajstić information content (AvgIpc) is 2.37. The van der Waals surface area contributed by atoms with Crippen LogP contribution in [0.25, 0.3) is 0 Å². The summed E-state index contributed by atoms with van der Waals surface area (Å²) in [6, 6.07) is -4.52. The summed E-state index contributed by atoms with van der Waals surface area (Å²) < 4.78 is 41.3. The molecule has 4 aliphatic rings. The summed E-state index contributed by atoms with van der Waals surface area (Å²) in [5, 5.41) is 8.05. The molecule has 4 fully saturated rings. The van der Waals surface area contributed by atoms with Gasteiger partial charge < -0.3 is 55.1 Å². The minimum Gasteiger partial charge on any atom is -0.343 e. The number of halogens is 4. The zero-order valence-corrected chi connectivity index (χ0v) is 55.9. The van der Waals surface area contributed by atoms with Crippen molar-refractivity contribution in [3.63, 3.8) is 0 Å². The van der Waals surface area contributed by atoms with Crippen LogP contribution in [-0.4, -0.2) is 227 Å². The number of rotatable bonds is 10. The third-order valence-electron chi connectivity index (χ3n) is 19.0. The molecule has 1 aromatic carbocycles. The number of fused-ring (bicyclic) bond motifs is 1. The first-order valence-electron chi connectivity index (χ1n) is 32.1. The number of amides is 11. The molecule has 11 amide bonds. The minimum atomic E-state index is -4.74. The Balaban J connectivity index is 1.55. The number of carbonyl (C=O) groups is 11. The van der Waals surface area contributed by atoms with Crippen molar-refractivity contribution in [2.24, 2.45) is 17.8 Å². The molecule has 8 atom stereocenters. The monoisotopic (exact) mass is 1290 g/mol. The van der Waals surface area contributed by atoms with Crippen LogP contribution in [0.15, 0.2) is 18.2 Å². The fraction of sp³-hybridized carbons (Fsp3) is 0.734. The van der Waals surface area contributed by atoms with E-state index in [1.54, 1.807) is 34.6 Å². The summed E-state index contributed by atoms with van der Waals surface area (Å²) in [6.07, 6.45) is 2.38. The average molecular weight is 1290 g/mol. The van der Waals surface area contributed by atoms with Gasteiger partial charge in [0, 0.05) is 67.8 Å². The molecular weight excluding hydrogens is 1190 g/mol. The number of likely N-dealkylation sites (N-methyl/N-ethyl adjacent to an activating group) is 6. The maximum absolute atomic E-state index is 15.1. The molecule has 0 aromatic heterocycles. The van der Waals surface area contributed by atoms with Crippen LogP contribution in [0.3, 0.4) is 0 Å². The van der Waals surface area contributed by atoms with Gasteiger partial charge in [0.2, 0.25) is 65.0 Å². The van der Waals surface area contributed by atoms with Crippen LogP contribution in [0, 0.1) is 17.8 Å². The predicted molar refractivity (Wildman–Crippen MR) is 333 cm³/mol. The Morgan fingerprint density at radius 1 is 0.678 bits per heavy atom. The highest BCUT2D eigenvalue weighted by Crippen LogP contribution is 2.37. The van der Waals surface area contributed by atoms with Gasteiger partial charge in [-0.15, -0.1) is 0 Å². The van der Waals surface area contributed by atoms with Gasteiger partial charge >= 0.3 is 6.18 Å². The number of hydrogen-bond donors (Lipinski definition) is 3. The Hall–Kier alpha value is -6.53. The topological polar surface area (TPSA) is 250 Å². The maximum Gasteiger partial charge on any atom is 0.417 e. The van der Waals surface area contributed by atoms with Crippen molar-refractivity contribution in [1.29, 1.82) is 0 Å². The smallest absolute Gasteiger partial charge is 0.343 e. The van der Waals surface area contributed by atoms with E-state index in [1.807, 2.05) is 13.8 Å². The summed E-state index contributed by atoms with van der Waals surface area (Å²) in [4.78, 5) is 170. The number of alkyl halides is 3. The lowest BCUT2D eigenvalue weighted by Crippen LogP contribution is -2.64. The van der Waals surface area contributed by atoms with Crippen molar-refractivity contribution in [3.8, 4) is 0 Å². The predicted octanol–water partition coefficient (Wildman–Crippen LogP) is 5.26. The molecule has 2 heterocycles. The first-order valence-corrected chi connectivity index (χ1v) is 32.5. The fourth-order valence-electron chi connectivity index (χ4n) is 13.0. The molecule has 90 heavy (non-hydrogen) atoms. The lowest BCUT2D eigenvalue weighted by molar-refractivity contribution is -0.152. The van der Waals surface area contributed by atoms with Crippen LogP contribution in [0.2, 0.25) is 5.02 Å². The van der Waals surface area contributed by atoms with Crippen LogP contribution < -0.4 is 16.0 Å². The van der Waals surface area contributed by atoms with Gasteiger partial charge in [-0.05, 0) is 101 Å². The second-order valence-corrected chi connectivity index (χ2v) is 26.5. The number of nitrogens with one attached hydrogen (secondary N) is 3. The van der Waals surface area contributed by atoms with E-state index < -0.39 is 161 Å². The fourth-order valence-corrected chi connectivity index (χ4v) is 13.4. The van der Waals surface area contributed by atoms with Crippen LogP contribution in [0.4, 0.5) is 13.2 Å². The number of nitrogens with zero attached hydrogens (tertiary/aromatic N) is 8. The Labute approximate surface area is 534 Å². The number of hydrogen-bond acceptors (Lipinski definition) is 11. The minimum absolute atomic E-state index is 0.0351. The Bertz CT molecular complexity index is 2760. The van der Waals surface area contributed by atoms with Gasteiger partial charge in [0.25, 0.3) is 0 Å². The second kappa shape index (κ2) is 32.7. The summed E-state index contributed by atoms with van der Waals surface area (Å²) in [5.74, 6) is -7.55. The number of aryl methyl sites for hydroxylation is 1. The zero-order chi connectivity index (χ0) is 67.3. The molecule has 0 bridgehead atoms. The molecule has 2 aliphatic heterocycles. The van der Waals surface area contributed by atoms with E-state index in [9.17, 15) is 56.3 Å². The van der Waals surface area contributed by atoms with E-state index in [2.05, 4.69) is 16.0 Å². The van der Waals surface area contributed by atoms with Gasteiger partial charge in [-0.3, -0.25) is 52.7 Å². The molecule has 2 saturated heterocycles. The molecule has 26 heteroatoms. The summed E-state index contributed by atoms with van der Waals surface area (Å²) in [6.45, 7) is 10.8. The van der Waals surface area contributed by atoms with Gasteiger partial charge in [0.15, 0.2) is 0 Å². The highest BCUT2D eigenvalue weighted by molar-refractivity contribution is 6.31. The molecule has 3 N–H and O–H groups in total. The van der Waals surface area contributed by atoms with Gasteiger partial charge in [-0.25, -0.2) is 0 Å². The molecule has 22 nitrogen and oxygen atoms in total. The standard InChI is InChI=1S/C64H99ClF3N11O11/c1-14-31-78-42(7)56(84)70-54(40(5)15-2)60(88)74(10)37-52(82)72(8)38-53(83)76(12)49(35-43-22-17-16-18-23-43)59(87)73(9)36-50(80)69-47(28-26-44-25-27-45(46(65)34-44)64(66,67)68)58(86)79-32-21-24-48(79)57(85)71-63(29-19-20-30-63)62(90)77(13)55(39(3)4)61(89)75(11)41(6)33-51(78)81/h25,27,34,39-43,47-49,54-55H,14-24,26,28-33,35-38H2,1-13H3,(H,69,80)(H,70,84)(H,71,85)/t40?,41-,42+,47+,48+,49+,54+,55+/m1/s1. The summed E-state index contributed by atoms with van der Waals surface area (Å²) in [5.41, 5.74) is -2.24. The Morgan fingerprint density at radius 3 is 1.89 bits per heavy atom. The summed E-state index contributed by atoms with van der Waals surface area (Å²) in [7, 11) is 8.62. The quantitative estimate of drug-likeness (QED) is 0.273. The highest BCUT2D eigenvalue weighted by Gasteiger charge is 2.50. The van der Waals surface area contributed by atoms with Crippen molar-refractivity contribution in [3.05, 3.63) is 34.3 Å². The first kappa shape index (κ1) is 74.2. The van der Waals surface area contributed by atoms with E-state index in [1.165, 1.54) is 72.9 Å². The van der Waals surface area contributed by atoms with Crippen LogP contribution in [-0.2, 0) is 65.3 Å². The SMILES string of the molecule is CCCN1C(=O)C[C@@H](C)N(C)C(=O)[C@H](C(C)C)N(C)C(=O)C2(CCCC2)NC(=O)[C@@H]2CCCN2C(=O)[C@H](CCc2ccc(C(F)(F)F)c(Cl)c2)NC(=O)CN(C)C(=O)[C@H](CC2CCCCC2)N(C)C(=O)CN(C)C(=O)CN(C)C(=O)[C@H](C(C)CC)NC(=O)[C@@H]1C. The van der Waals surface area contributed by atoms with Crippen LogP contribution >= 0.6 is 11.6 Å². The maximum atomic E-state index is 15.1. The molecule has 1 spiro atoms. The molecule has 504 valence electrons. The second-order valence-electron chi connectivity index (χ2n) is 26.1. The third-order valence-corrected chi connectivity index (χ3v) is 19.3. The van der Waals surface area contributed by atoms with Crippen molar-refractivity contribution >= 4 is 76.6 Å². The Kier molecular flexibility index (Phi) is 26.9. The third kappa shape index (κ3) is 18.6. The number of carbonyl (C=O) groups excluding carboxylic acids is 11. The van der Waals surface area contributed by atoms with Crippen LogP contribution in [0.5, 0.6) is 0 Å². The molecular formula is C64H99ClF3N11O11. The highest BCUT2D eigenvalue weighted by atomic mass is 35.5. The van der Waals surface area contributed by atoms with Crippen molar-refractivity contribution < 1.29 is 65.9 Å². The molecule has 2 saturated carbocycles. The van der Waals surface area contributed by atoms with Crippen LogP contribution in [0.1, 0.15) is 162 Å². The molecule has 0 radical (unpaired) electrons. The van der Waals surface area contributed by atoms with Gasteiger partial charge in [-0.1, -0.05) is 104 Å². The van der Waals surface area contributed by atoms with E-state index in [0.29, 0.717) is 37.7 Å². The van der Waals surface area contributed by atoms with Crippen molar-refractivity contribution in [1.82, 2.24) is 55.1 Å². The molecule has 5 rings (SSSR count). The Morgan fingerprint density at radius 2 is 1.30 bits per heavy atom. The van der Waals surface area contributed by atoms with E-state index >= 15 is 9.59 Å². The van der Waals surface area contributed by atoms with E-state index in [0.717, 1.165) is 58.9 Å². The lowest BCUT2D eigenvalue weighted by atomic mass is 9.84. The lowest BCUT2D eigenvalue weighted by Gasteiger charge is -2.41. The van der Waals surface area contributed by atoms with Crippen molar-refractivity contribution in [2.75, 3.05) is 75.0 Å². The molecule has 1 unspecified atom stereocenters. The first-order chi connectivity index (χ1) is 42.2. The normalized spacial score (nSPS) is 26.4. The zero-order valence-electron chi connectivity index (χ0n) is 55.1. The molecule has 2 aliphatic carbocycles. The molecule has 1 aromatic rings. The largest absolute Gasteiger partial charge is 0.417 e. The number of benzene rings is 1. The van der Waals surface area contributed by atoms with Gasteiger partial charge in [-0.2, -0.15) is 13.2 Å². The summed E-state index contributed by atoms with van der Waals surface area (Å²) >= 11 is 6.11. The van der Waals surface area contributed by atoms with Crippen molar-refractivity contribution in [2.45, 2.75) is 212 Å².